The predicted molar refractivity (Wildman–Crippen MR) is 55.0 cm³/mol. The highest BCUT2D eigenvalue weighted by molar-refractivity contribution is 7.17. The second-order valence-electron chi connectivity index (χ2n) is 2.71. The van der Waals surface area contributed by atoms with E-state index in [0.717, 1.165) is 5.39 Å². The number of ether oxygens (including phenoxy) is 1. The van der Waals surface area contributed by atoms with Gasteiger partial charge in [-0.2, -0.15) is 0 Å². The van der Waals surface area contributed by atoms with Crippen molar-refractivity contribution >= 4 is 27.1 Å². The lowest BCUT2D eigenvalue weighted by molar-refractivity contribution is -0.382. The van der Waals surface area contributed by atoms with Crippen LogP contribution in [0.5, 0.6) is 5.75 Å². The van der Waals surface area contributed by atoms with Crippen molar-refractivity contribution in [1.29, 1.82) is 0 Å². The van der Waals surface area contributed by atoms with E-state index >= 15 is 0 Å². The summed E-state index contributed by atoms with van der Waals surface area (Å²) in [5, 5.41) is 13.3. The van der Waals surface area contributed by atoms with Gasteiger partial charge in [0.2, 0.25) is 0 Å². The van der Waals surface area contributed by atoms with Gasteiger partial charge in [-0.1, -0.05) is 0 Å². The molecule has 0 saturated heterocycles. The molecule has 0 saturated carbocycles. The van der Waals surface area contributed by atoms with E-state index in [1.807, 2.05) is 11.4 Å². The number of non-ortho nitro benzene ring substituents is 1. The van der Waals surface area contributed by atoms with E-state index in [-0.39, 0.29) is 10.6 Å². The first-order valence-corrected chi connectivity index (χ1v) is 4.80. The number of benzene rings is 1. The molecule has 0 N–H and O–H groups in total. The molecule has 2 rings (SSSR count). The molecule has 2 aromatic rings. The molecule has 5 heteroatoms. The Bertz CT molecular complexity index is 492. The molecule has 1 heterocycles. The van der Waals surface area contributed by atoms with Gasteiger partial charge in [0.15, 0.2) is 0 Å². The highest BCUT2D eigenvalue weighted by Crippen LogP contribution is 2.36. The molecule has 0 amide bonds. The van der Waals surface area contributed by atoms with Crippen LogP contribution in [0, 0.1) is 10.1 Å². The van der Waals surface area contributed by atoms with Gasteiger partial charge in [-0.15, -0.1) is 11.3 Å². The number of thiophene rings is 1. The van der Waals surface area contributed by atoms with Gasteiger partial charge < -0.3 is 4.74 Å². The third-order valence-electron chi connectivity index (χ3n) is 1.97. The highest BCUT2D eigenvalue weighted by Gasteiger charge is 2.15. The highest BCUT2D eigenvalue weighted by atomic mass is 32.1. The van der Waals surface area contributed by atoms with Gasteiger partial charge in [0.05, 0.1) is 12.0 Å². The van der Waals surface area contributed by atoms with Crippen LogP contribution in [0.4, 0.5) is 5.69 Å². The van der Waals surface area contributed by atoms with Crippen molar-refractivity contribution < 1.29 is 9.66 Å². The minimum atomic E-state index is -0.377. The van der Waals surface area contributed by atoms with Gasteiger partial charge >= 0.3 is 0 Å². The number of fused-ring (bicyclic) bond motifs is 1. The molecule has 1 aromatic heterocycles. The summed E-state index contributed by atoms with van der Waals surface area (Å²) in [5.41, 5.74) is 0.135. The van der Waals surface area contributed by atoms with Crippen molar-refractivity contribution in [1.82, 2.24) is 0 Å². The first-order chi connectivity index (χ1) is 6.74. The van der Waals surface area contributed by atoms with Crippen LogP contribution < -0.4 is 4.74 Å². The number of hydrogen-bond donors (Lipinski definition) is 0. The quantitative estimate of drug-likeness (QED) is 0.564. The molecule has 0 unspecified atom stereocenters. The largest absolute Gasteiger partial charge is 0.496 e. The number of nitro groups is 1. The molecule has 0 spiro atoms. The topological polar surface area (TPSA) is 52.4 Å². The monoisotopic (exact) mass is 209 g/mol. The van der Waals surface area contributed by atoms with E-state index in [4.69, 9.17) is 4.74 Å². The number of methoxy groups -OCH3 is 1. The van der Waals surface area contributed by atoms with Crippen LogP contribution >= 0.6 is 11.3 Å². The second-order valence-corrected chi connectivity index (χ2v) is 3.62. The Hall–Kier alpha value is -1.62. The third kappa shape index (κ3) is 1.22. The second kappa shape index (κ2) is 3.26. The summed E-state index contributed by atoms with van der Waals surface area (Å²) >= 11 is 1.35. The van der Waals surface area contributed by atoms with Crippen LogP contribution in [0.25, 0.3) is 10.1 Å². The molecular formula is C9H7NO3S. The minimum absolute atomic E-state index is 0.135. The molecule has 72 valence electrons. The van der Waals surface area contributed by atoms with Crippen LogP contribution in [-0.4, -0.2) is 12.0 Å². The average Bonchev–Trinajstić information content (AvgIpc) is 2.64. The fourth-order valence-electron chi connectivity index (χ4n) is 1.34. The Kier molecular flexibility index (Phi) is 2.09. The Morgan fingerprint density at radius 1 is 1.43 bits per heavy atom. The zero-order chi connectivity index (χ0) is 10.1. The van der Waals surface area contributed by atoms with Crippen LogP contribution in [0.15, 0.2) is 23.6 Å². The summed E-state index contributed by atoms with van der Waals surface area (Å²) in [4.78, 5) is 10.3. The Morgan fingerprint density at radius 2 is 2.21 bits per heavy atom. The number of hydrogen-bond acceptors (Lipinski definition) is 4. The molecule has 0 aliphatic carbocycles. The molecule has 0 atom stereocenters. The Morgan fingerprint density at radius 3 is 2.86 bits per heavy atom. The summed E-state index contributed by atoms with van der Waals surface area (Å²) in [7, 11) is 1.55. The molecule has 0 bridgehead atoms. The van der Waals surface area contributed by atoms with Crippen LogP contribution in [-0.2, 0) is 0 Å². The normalized spacial score (nSPS) is 10.4. The van der Waals surface area contributed by atoms with Gasteiger partial charge in [0, 0.05) is 11.5 Å². The maximum absolute atomic E-state index is 10.7. The summed E-state index contributed by atoms with van der Waals surface area (Å²) < 4.78 is 5.77. The number of nitrogens with zero attached hydrogens (tertiary/aromatic N) is 1. The van der Waals surface area contributed by atoms with Crippen LogP contribution in [0.3, 0.4) is 0 Å². The van der Waals surface area contributed by atoms with E-state index in [1.165, 1.54) is 17.4 Å². The Balaban J connectivity index is 2.78. The van der Waals surface area contributed by atoms with Crippen molar-refractivity contribution in [3.8, 4) is 5.75 Å². The molecule has 1 aromatic carbocycles. The van der Waals surface area contributed by atoms with E-state index < -0.39 is 0 Å². The molecular weight excluding hydrogens is 202 g/mol. The standard InChI is InChI=1S/C9H7NO3S/c1-13-8-3-2-7(10(11)12)9-6(8)4-5-14-9/h2-5H,1H3. The fraction of sp³-hybridized carbons (Fsp3) is 0.111. The lowest BCUT2D eigenvalue weighted by Crippen LogP contribution is -1.89. The summed E-state index contributed by atoms with van der Waals surface area (Å²) in [6, 6.07) is 4.91. The maximum atomic E-state index is 10.7. The van der Waals surface area contributed by atoms with Crippen LogP contribution in [0.1, 0.15) is 0 Å². The number of nitro benzene ring substituents is 1. The van der Waals surface area contributed by atoms with E-state index in [2.05, 4.69) is 0 Å². The molecule has 14 heavy (non-hydrogen) atoms. The summed E-state index contributed by atoms with van der Waals surface area (Å²) in [6.07, 6.45) is 0. The van der Waals surface area contributed by atoms with Gasteiger partial charge in [-0.05, 0) is 17.5 Å². The third-order valence-corrected chi connectivity index (χ3v) is 2.91. The van der Waals surface area contributed by atoms with E-state index in [9.17, 15) is 10.1 Å². The van der Waals surface area contributed by atoms with Gasteiger partial charge in [-0.25, -0.2) is 0 Å². The van der Waals surface area contributed by atoms with E-state index in [0.29, 0.717) is 10.4 Å². The molecule has 0 fully saturated rings. The first kappa shape index (κ1) is 8.96. The molecule has 0 aliphatic heterocycles. The zero-order valence-corrected chi connectivity index (χ0v) is 8.21. The maximum Gasteiger partial charge on any atom is 0.287 e. The van der Waals surface area contributed by atoms with Gasteiger partial charge in [0.25, 0.3) is 5.69 Å². The zero-order valence-electron chi connectivity index (χ0n) is 7.39. The molecule has 4 nitrogen and oxygen atoms in total. The van der Waals surface area contributed by atoms with Crippen molar-refractivity contribution in [2.75, 3.05) is 7.11 Å². The minimum Gasteiger partial charge on any atom is -0.496 e. The molecule has 0 aliphatic rings. The summed E-state index contributed by atoms with van der Waals surface area (Å²) in [6.45, 7) is 0. The van der Waals surface area contributed by atoms with Crippen LogP contribution in [0.2, 0.25) is 0 Å². The average molecular weight is 209 g/mol. The fourth-order valence-corrected chi connectivity index (χ4v) is 2.24. The van der Waals surface area contributed by atoms with Crippen molar-refractivity contribution in [2.24, 2.45) is 0 Å². The lowest BCUT2D eigenvalue weighted by Gasteiger charge is -2.01. The lowest BCUT2D eigenvalue weighted by atomic mass is 10.2. The predicted octanol–water partition coefficient (Wildman–Crippen LogP) is 2.82. The summed E-state index contributed by atoms with van der Waals surface area (Å²) in [5.74, 6) is 0.673. The Labute approximate surface area is 83.9 Å². The van der Waals surface area contributed by atoms with E-state index in [1.54, 1.807) is 13.2 Å². The van der Waals surface area contributed by atoms with Gasteiger partial charge in [0.1, 0.15) is 10.4 Å². The smallest absolute Gasteiger partial charge is 0.287 e. The number of rotatable bonds is 2. The van der Waals surface area contributed by atoms with Gasteiger partial charge in [-0.3, -0.25) is 10.1 Å². The first-order valence-electron chi connectivity index (χ1n) is 3.92. The SMILES string of the molecule is COc1ccc([N+](=O)[O-])c2sccc12. The van der Waals surface area contributed by atoms with Crippen molar-refractivity contribution in [2.45, 2.75) is 0 Å². The van der Waals surface area contributed by atoms with Crippen molar-refractivity contribution in [3.05, 3.63) is 33.7 Å². The van der Waals surface area contributed by atoms with Crippen molar-refractivity contribution in [3.63, 3.8) is 0 Å². The molecule has 0 radical (unpaired) electrons.